The molecule has 1 fully saturated rings. The molecule has 2 amide bonds. The summed E-state index contributed by atoms with van der Waals surface area (Å²) in [5, 5.41) is 12.3. The molecule has 0 radical (unpaired) electrons. The van der Waals surface area contributed by atoms with Gasteiger partial charge in [0.05, 0.1) is 17.6 Å². The van der Waals surface area contributed by atoms with Gasteiger partial charge in [-0.25, -0.2) is 0 Å². The van der Waals surface area contributed by atoms with E-state index in [2.05, 4.69) is 5.32 Å². The van der Waals surface area contributed by atoms with Crippen LogP contribution in [0.15, 0.2) is 48.5 Å². The lowest BCUT2D eigenvalue weighted by atomic mass is 10.1. The Morgan fingerprint density at radius 3 is 2.64 bits per heavy atom. The van der Waals surface area contributed by atoms with Gasteiger partial charge in [-0.05, 0) is 35.9 Å². The summed E-state index contributed by atoms with van der Waals surface area (Å²) in [6, 6.07) is 16.1. The van der Waals surface area contributed by atoms with Crippen LogP contribution in [-0.4, -0.2) is 18.4 Å². The number of hydrogen-bond donors (Lipinski definition) is 1. The molecule has 25 heavy (non-hydrogen) atoms. The van der Waals surface area contributed by atoms with Crippen molar-refractivity contribution < 1.29 is 9.59 Å². The van der Waals surface area contributed by atoms with Crippen molar-refractivity contribution in [2.24, 2.45) is 5.92 Å². The Kier molecular flexibility index (Phi) is 5.01. The van der Waals surface area contributed by atoms with E-state index < -0.39 is 5.92 Å². The van der Waals surface area contributed by atoms with Crippen LogP contribution in [0, 0.1) is 17.2 Å². The number of hydrogen-bond acceptors (Lipinski definition) is 3. The summed E-state index contributed by atoms with van der Waals surface area (Å²) in [6.45, 7) is 0.666. The fraction of sp³-hybridized carbons (Fsp3) is 0.211. The van der Waals surface area contributed by atoms with E-state index in [-0.39, 0.29) is 18.2 Å². The second kappa shape index (κ2) is 7.37. The molecular weight excluding hydrogens is 338 g/mol. The fourth-order valence-electron chi connectivity index (χ4n) is 2.82. The molecule has 1 N–H and O–H groups in total. The standard InChI is InChI=1S/C19H16ClN3O2/c20-17-4-2-1-3-14(17)11-22-19(25)15-9-18(24)23(12-15)16-7-5-13(10-21)6-8-16/h1-8,15H,9,11-12H2,(H,22,25). The van der Waals surface area contributed by atoms with Crippen LogP contribution in [0.25, 0.3) is 0 Å². The number of halogens is 1. The van der Waals surface area contributed by atoms with Crippen molar-refractivity contribution >= 4 is 29.1 Å². The van der Waals surface area contributed by atoms with E-state index in [0.29, 0.717) is 29.4 Å². The maximum atomic E-state index is 12.4. The molecule has 2 aromatic carbocycles. The van der Waals surface area contributed by atoms with E-state index in [1.54, 1.807) is 35.2 Å². The van der Waals surface area contributed by atoms with Crippen LogP contribution < -0.4 is 10.2 Å². The summed E-state index contributed by atoms with van der Waals surface area (Å²) in [7, 11) is 0. The lowest BCUT2D eigenvalue weighted by molar-refractivity contribution is -0.126. The number of nitriles is 1. The molecule has 3 rings (SSSR count). The minimum absolute atomic E-state index is 0.0948. The van der Waals surface area contributed by atoms with Gasteiger partial charge in [-0.2, -0.15) is 5.26 Å². The van der Waals surface area contributed by atoms with Crippen molar-refractivity contribution in [1.82, 2.24) is 5.32 Å². The quantitative estimate of drug-likeness (QED) is 0.918. The number of carbonyl (C=O) groups is 2. The number of anilines is 1. The molecular formula is C19H16ClN3O2. The Balaban J connectivity index is 1.62. The second-order valence-corrected chi connectivity index (χ2v) is 6.28. The molecule has 1 aliphatic heterocycles. The van der Waals surface area contributed by atoms with Crippen molar-refractivity contribution in [1.29, 1.82) is 5.26 Å². The van der Waals surface area contributed by atoms with Crippen LogP contribution in [-0.2, 0) is 16.1 Å². The lowest BCUT2D eigenvalue weighted by Crippen LogP contribution is -2.32. The SMILES string of the molecule is N#Cc1ccc(N2CC(C(=O)NCc3ccccc3Cl)CC2=O)cc1. The molecule has 6 heteroatoms. The van der Waals surface area contributed by atoms with Gasteiger partial charge in [-0.3, -0.25) is 9.59 Å². The van der Waals surface area contributed by atoms with Crippen LogP contribution in [0.3, 0.4) is 0 Å². The van der Waals surface area contributed by atoms with Gasteiger partial charge in [0.1, 0.15) is 0 Å². The first-order valence-corrected chi connectivity index (χ1v) is 8.28. The Morgan fingerprint density at radius 1 is 1.24 bits per heavy atom. The third-order valence-electron chi connectivity index (χ3n) is 4.21. The smallest absolute Gasteiger partial charge is 0.227 e. The molecule has 2 aromatic rings. The van der Waals surface area contributed by atoms with Gasteiger partial charge >= 0.3 is 0 Å². The minimum atomic E-state index is -0.398. The first kappa shape index (κ1) is 17.0. The zero-order chi connectivity index (χ0) is 17.8. The average molecular weight is 354 g/mol. The Morgan fingerprint density at radius 2 is 1.96 bits per heavy atom. The van der Waals surface area contributed by atoms with Crippen LogP contribution in [0.1, 0.15) is 17.5 Å². The molecule has 1 atom stereocenters. The Hall–Kier alpha value is -2.84. The Bertz CT molecular complexity index is 842. The predicted octanol–water partition coefficient (Wildman–Crippen LogP) is 2.88. The lowest BCUT2D eigenvalue weighted by Gasteiger charge is -2.17. The van der Waals surface area contributed by atoms with Crippen LogP contribution in [0.5, 0.6) is 0 Å². The number of nitrogens with one attached hydrogen (secondary N) is 1. The van der Waals surface area contributed by atoms with Gasteiger partial charge in [-0.15, -0.1) is 0 Å². The Labute approximate surface area is 150 Å². The number of carbonyl (C=O) groups excluding carboxylic acids is 2. The molecule has 0 bridgehead atoms. The molecule has 1 aliphatic rings. The normalized spacial score (nSPS) is 16.6. The van der Waals surface area contributed by atoms with Crippen LogP contribution in [0.4, 0.5) is 5.69 Å². The molecule has 0 saturated carbocycles. The van der Waals surface area contributed by atoms with Gasteiger partial charge in [0, 0.05) is 30.2 Å². The highest BCUT2D eigenvalue weighted by molar-refractivity contribution is 6.31. The molecule has 5 nitrogen and oxygen atoms in total. The molecule has 0 spiro atoms. The van der Waals surface area contributed by atoms with Crippen molar-refractivity contribution in [2.75, 3.05) is 11.4 Å². The van der Waals surface area contributed by atoms with Gasteiger partial charge in [0.2, 0.25) is 11.8 Å². The summed E-state index contributed by atoms with van der Waals surface area (Å²) in [4.78, 5) is 26.2. The van der Waals surface area contributed by atoms with E-state index in [1.165, 1.54) is 0 Å². The first-order valence-electron chi connectivity index (χ1n) is 7.90. The average Bonchev–Trinajstić information content (AvgIpc) is 3.03. The highest BCUT2D eigenvalue weighted by atomic mass is 35.5. The van der Waals surface area contributed by atoms with Crippen LogP contribution >= 0.6 is 11.6 Å². The van der Waals surface area contributed by atoms with E-state index in [0.717, 1.165) is 5.56 Å². The van der Waals surface area contributed by atoms with Crippen molar-refractivity contribution in [3.8, 4) is 6.07 Å². The predicted molar refractivity (Wildman–Crippen MR) is 94.9 cm³/mol. The summed E-state index contributed by atoms with van der Waals surface area (Å²) in [5.74, 6) is -0.655. The fourth-order valence-corrected chi connectivity index (χ4v) is 3.02. The summed E-state index contributed by atoms with van der Waals surface area (Å²) in [5.41, 5.74) is 2.07. The van der Waals surface area contributed by atoms with Gasteiger partial charge in [0.25, 0.3) is 0 Å². The van der Waals surface area contributed by atoms with Crippen LogP contribution in [0.2, 0.25) is 5.02 Å². The van der Waals surface area contributed by atoms with E-state index in [9.17, 15) is 9.59 Å². The summed E-state index contributed by atoms with van der Waals surface area (Å²) >= 11 is 6.08. The zero-order valence-electron chi connectivity index (χ0n) is 13.4. The monoisotopic (exact) mass is 353 g/mol. The highest BCUT2D eigenvalue weighted by Crippen LogP contribution is 2.25. The number of rotatable bonds is 4. The second-order valence-electron chi connectivity index (χ2n) is 5.87. The molecule has 1 saturated heterocycles. The van der Waals surface area contributed by atoms with Gasteiger partial charge in [-0.1, -0.05) is 29.8 Å². The molecule has 0 aliphatic carbocycles. The largest absolute Gasteiger partial charge is 0.352 e. The van der Waals surface area contributed by atoms with Crippen molar-refractivity contribution in [2.45, 2.75) is 13.0 Å². The maximum Gasteiger partial charge on any atom is 0.227 e. The van der Waals surface area contributed by atoms with Crippen molar-refractivity contribution in [3.63, 3.8) is 0 Å². The highest BCUT2D eigenvalue weighted by Gasteiger charge is 2.35. The topological polar surface area (TPSA) is 73.2 Å². The summed E-state index contributed by atoms with van der Waals surface area (Å²) < 4.78 is 0. The first-order chi connectivity index (χ1) is 12.1. The van der Waals surface area contributed by atoms with E-state index in [1.807, 2.05) is 24.3 Å². The zero-order valence-corrected chi connectivity index (χ0v) is 14.2. The molecule has 1 unspecified atom stereocenters. The van der Waals surface area contributed by atoms with Gasteiger partial charge < -0.3 is 10.2 Å². The number of nitrogens with zero attached hydrogens (tertiary/aromatic N) is 2. The van der Waals surface area contributed by atoms with Gasteiger partial charge in [0.15, 0.2) is 0 Å². The van der Waals surface area contributed by atoms with E-state index >= 15 is 0 Å². The third-order valence-corrected chi connectivity index (χ3v) is 4.58. The summed E-state index contributed by atoms with van der Waals surface area (Å²) in [6.07, 6.45) is 0.175. The number of benzene rings is 2. The number of amides is 2. The molecule has 0 aromatic heterocycles. The minimum Gasteiger partial charge on any atom is -0.352 e. The van der Waals surface area contributed by atoms with E-state index in [4.69, 9.17) is 16.9 Å². The molecule has 1 heterocycles. The maximum absolute atomic E-state index is 12.4. The van der Waals surface area contributed by atoms with Crippen molar-refractivity contribution in [3.05, 3.63) is 64.7 Å². The third kappa shape index (κ3) is 3.81. The molecule has 126 valence electrons.